The third-order valence-electron chi connectivity index (χ3n) is 3.40. The van der Waals surface area contributed by atoms with Gasteiger partial charge in [0.25, 0.3) is 0 Å². The predicted molar refractivity (Wildman–Crippen MR) is 82.3 cm³/mol. The van der Waals surface area contributed by atoms with E-state index in [0.717, 1.165) is 32.2 Å². The van der Waals surface area contributed by atoms with Gasteiger partial charge in [-0.2, -0.15) is 0 Å². The maximum atomic E-state index is 12.4. The molecule has 1 aromatic rings. The average molecular weight is 297 g/mol. The van der Waals surface area contributed by atoms with Crippen LogP contribution in [0.5, 0.6) is 0 Å². The molecule has 0 aliphatic heterocycles. The molecule has 0 aromatic carbocycles. The third-order valence-corrected chi connectivity index (χ3v) is 3.40. The van der Waals surface area contributed by atoms with E-state index in [1.165, 1.54) is 0 Å². The second-order valence-corrected chi connectivity index (χ2v) is 5.30. The molecule has 6 heteroatoms. The Morgan fingerprint density at radius 1 is 1.52 bits per heavy atom. The summed E-state index contributed by atoms with van der Waals surface area (Å²) in [4.78, 5) is 14.5. The minimum atomic E-state index is -0.154. The molecule has 1 atom stereocenters. The van der Waals surface area contributed by atoms with Gasteiger partial charge in [-0.05, 0) is 26.8 Å². The van der Waals surface area contributed by atoms with Gasteiger partial charge in [0.15, 0.2) is 5.82 Å². The van der Waals surface area contributed by atoms with Crippen molar-refractivity contribution in [1.82, 2.24) is 10.1 Å². The number of anilines is 1. The summed E-state index contributed by atoms with van der Waals surface area (Å²) in [6.07, 6.45) is 3.83. The Bertz CT molecular complexity index is 420. The Hall–Kier alpha value is -1.40. The summed E-state index contributed by atoms with van der Waals surface area (Å²) in [5.74, 6) is 1.13. The zero-order chi connectivity index (χ0) is 15.7. The van der Waals surface area contributed by atoms with Crippen molar-refractivity contribution < 1.29 is 14.1 Å². The quantitative estimate of drug-likeness (QED) is 0.672. The standard InChI is InChI=1S/C15H27N3O3/c1-5-6-8-13(18(3)9-7-10-20-4)15(19)16-14-11-12(2)21-17-14/h11,13H,5-10H2,1-4H3,(H,16,17,19). The molecule has 1 unspecified atom stereocenters. The molecule has 0 aliphatic carbocycles. The molecule has 120 valence electrons. The summed E-state index contributed by atoms with van der Waals surface area (Å²) in [6, 6.07) is 1.57. The summed E-state index contributed by atoms with van der Waals surface area (Å²) >= 11 is 0. The van der Waals surface area contributed by atoms with Crippen LogP contribution < -0.4 is 5.32 Å². The third kappa shape index (κ3) is 6.27. The minimum absolute atomic E-state index is 0.0309. The van der Waals surface area contributed by atoms with Gasteiger partial charge < -0.3 is 14.6 Å². The number of nitrogens with zero attached hydrogens (tertiary/aromatic N) is 2. The Labute approximate surface area is 126 Å². The Kier molecular flexibility index (Phi) is 8.00. The van der Waals surface area contributed by atoms with Gasteiger partial charge in [0.1, 0.15) is 5.76 Å². The van der Waals surface area contributed by atoms with Crippen LogP contribution in [0.25, 0.3) is 0 Å². The van der Waals surface area contributed by atoms with Crippen molar-refractivity contribution in [2.45, 2.75) is 45.6 Å². The highest BCUT2D eigenvalue weighted by atomic mass is 16.5. The number of hydrogen-bond acceptors (Lipinski definition) is 5. The molecule has 1 heterocycles. The lowest BCUT2D eigenvalue weighted by molar-refractivity contribution is -0.121. The van der Waals surface area contributed by atoms with Crippen molar-refractivity contribution in [2.75, 3.05) is 32.6 Å². The lowest BCUT2D eigenvalue weighted by Gasteiger charge is -2.26. The Morgan fingerprint density at radius 3 is 2.86 bits per heavy atom. The maximum absolute atomic E-state index is 12.4. The van der Waals surface area contributed by atoms with Crippen LogP contribution in [0.4, 0.5) is 5.82 Å². The SMILES string of the molecule is CCCCC(C(=O)Nc1cc(C)on1)N(C)CCCOC. The molecule has 0 saturated carbocycles. The number of ether oxygens (including phenoxy) is 1. The molecule has 0 fully saturated rings. The van der Waals surface area contributed by atoms with Crippen LogP contribution in [0.1, 0.15) is 38.4 Å². The van der Waals surface area contributed by atoms with E-state index in [2.05, 4.69) is 22.3 Å². The first-order chi connectivity index (χ1) is 10.1. The molecule has 1 N–H and O–H groups in total. The number of unbranched alkanes of at least 4 members (excludes halogenated alkanes) is 1. The molecule has 1 amide bonds. The monoisotopic (exact) mass is 297 g/mol. The number of aryl methyl sites for hydroxylation is 1. The van der Waals surface area contributed by atoms with Crippen LogP contribution in [-0.4, -0.2) is 49.3 Å². The number of aromatic nitrogens is 1. The van der Waals surface area contributed by atoms with E-state index in [1.54, 1.807) is 20.1 Å². The fraction of sp³-hybridized carbons (Fsp3) is 0.733. The molecule has 1 aromatic heterocycles. The van der Waals surface area contributed by atoms with Crippen molar-refractivity contribution in [2.24, 2.45) is 0 Å². The van der Waals surface area contributed by atoms with Gasteiger partial charge in [0.05, 0.1) is 6.04 Å². The Balaban J connectivity index is 2.59. The molecule has 0 radical (unpaired) electrons. The molecule has 6 nitrogen and oxygen atoms in total. The van der Waals surface area contributed by atoms with Crippen molar-refractivity contribution in [3.63, 3.8) is 0 Å². The lowest BCUT2D eigenvalue weighted by atomic mass is 10.1. The van der Waals surface area contributed by atoms with E-state index in [9.17, 15) is 4.79 Å². The number of nitrogens with one attached hydrogen (secondary N) is 1. The number of carbonyl (C=O) groups excluding carboxylic acids is 1. The van der Waals surface area contributed by atoms with Gasteiger partial charge in [-0.1, -0.05) is 24.9 Å². The number of hydrogen-bond donors (Lipinski definition) is 1. The van der Waals surface area contributed by atoms with Crippen LogP contribution in [0.2, 0.25) is 0 Å². The average Bonchev–Trinajstić information content (AvgIpc) is 2.84. The lowest BCUT2D eigenvalue weighted by Crippen LogP contribution is -2.42. The highest BCUT2D eigenvalue weighted by Gasteiger charge is 2.23. The molecule has 0 aliphatic rings. The molecule has 21 heavy (non-hydrogen) atoms. The highest BCUT2D eigenvalue weighted by Crippen LogP contribution is 2.13. The van der Waals surface area contributed by atoms with Gasteiger partial charge in [-0.25, -0.2) is 0 Å². The van der Waals surface area contributed by atoms with Crippen LogP contribution in [0.3, 0.4) is 0 Å². The topological polar surface area (TPSA) is 67.6 Å². The van der Waals surface area contributed by atoms with E-state index >= 15 is 0 Å². The van der Waals surface area contributed by atoms with Crippen LogP contribution in [0, 0.1) is 6.92 Å². The summed E-state index contributed by atoms with van der Waals surface area (Å²) in [6.45, 7) is 5.46. The normalized spacial score (nSPS) is 12.6. The smallest absolute Gasteiger partial charge is 0.242 e. The van der Waals surface area contributed by atoms with Crippen molar-refractivity contribution in [1.29, 1.82) is 0 Å². The van der Waals surface area contributed by atoms with Crippen LogP contribution >= 0.6 is 0 Å². The number of methoxy groups -OCH3 is 1. The number of carbonyl (C=O) groups is 1. The first kappa shape index (κ1) is 17.7. The molecular weight excluding hydrogens is 270 g/mol. The summed E-state index contributed by atoms with van der Waals surface area (Å²) in [7, 11) is 3.66. The molecule has 0 spiro atoms. The minimum Gasteiger partial charge on any atom is -0.385 e. The van der Waals surface area contributed by atoms with Gasteiger partial charge in [0, 0.05) is 26.3 Å². The van der Waals surface area contributed by atoms with Gasteiger partial charge in [-0.3, -0.25) is 9.69 Å². The van der Waals surface area contributed by atoms with Crippen LogP contribution in [0.15, 0.2) is 10.6 Å². The van der Waals surface area contributed by atoms with E-state index in [4.69, 9.17) is 9.26 Å². The van der Waals surface area contributed by atoms with Crippen LogP contribution in [-0.2, 0) is 9.53 Å². The molecular formula is C15H27N3O3. The molecule has 0 saturated heterocycles. The van der Waals surface area contributed by atoms with E-state index in [1.807, 2.05) is 7.05 Å². The number of amides is 1. The largest absolute Gasteiger partial charge is 0.385 e. The van der Waals surface area contributed by atoms with Gasteiger partial charge >= 0.3 is 0 Å². The van der Waals surface area contributed by atoms with E-state index in [0.29, 0.717) is 18.2 Å². The fourth-order valence-corrected chi connectivity index (χ4v) is 2.20. The highest BCUT2D eigenvalue weighted by molar-refractivity contribution is 5.93. The van der Waals surface area contributed by atoms with Gasteiger partial charge in [-0.15, -0.1) is 0 Å². The fourth-order valence-electron chi connectivity index (χ4n) is 2.20. The Morgan fingerprint density at radius 2 is 2.29 bits per heavy atom. The van der Waals surface area contributed by atoms with E-state index < -0.39 is 0 Å². The first-order valence-corrected chi connectivity index (χ1v) is 7.51. The summed E-state index contributed by atoms with van der Waals surface area (Å²) in [5.41, 5.74) is 0. The summed E-state index contributed by atoms with van der Waals surface area (Å²) in [5, 5.41) is 6.63. The first-order valence-electron chi connectivity index (χ1n) is 7.51. The molecule has 0 bridgehead atoms. The predicted octanol–water partition coefficient (Wildman–Crippen LogP) is 2.45. The van der Waals surface area contributed by atoms with Crippen molar-refractivity contribution in [3.8, 4) is 0 Å². The second-order valence-electron chi connectivity index (χ2n) is 5.30. The van der Waals surface area contributed by atoms with Crippen molar-refractivity contribution in [3.05, 3.63) is 11.8 Å². The summed E-state index contributed by atoms with van der Waals surface area (Å²) < 4.78 is 10.0. The zero-order valence-electron chi connectivity index (χ0n) is 13.5. The number of likely N-dealkylation sites (N-methyl/N-ethyl adjacent to an activating group) is 1. The van der Waals surface area contributed by atoms with Crippen molar-refractivity contribution >= 4 is 11.7 Å². The van der Waals surface area contributed by atoms with E-state index in [-0.39, 0.29) is 11.9 Å². The number of rotatable bonds is 10. The maximum Gasteiger partial charge on any atom is 0.242 e. The van der Waals surface area contributed by atoms with Gasteiger partial charge in [0.2, 0.25) is 5.91 Å². The second kappa shape index (κ2) is 9.52. The molecule has 1 rings (SSSR count). The zero-order valence-corrected chi connectivity index (χ0v) is 13.5.